The molecule has 1 saturated heterocycles. The number of pyridine rings is 1. The van der Waals surface area contributed by atoms with Crippen molar-refractivity contribution in [3.8, 4) is 17.0 Å². The molecule has 1 aromatic carbocycles. The SMILES string of the molecule is C=C/C=C\C(=O)Nc1cc(Nc2ncc(Cl)c(-c3cnn4ccccc34)n2)c(OC)cc1N1CC(N(C)C)C1. The number of fused-ring (bicyclic) bond motifs is 1. The van der Waals surface area contributed by atoms with Gasteiger partial charge in [-0.3, -0.25) is 4.79 Å². The van der Waals surface area contributed by atoms with Crippen LogP contribution in [-0.4, -0.2) is 70.7 Å². The summed E-state index contributed by atoms with van der Waals surface area (Å²) in [5.74, 6) is 0.625. The third-order valence-electron chi connectivity index (χ3n) is 6.56. The molecule has 4 heterocycles. The van der Waals surface area contributed by atoms with E-state index >= 15 is 0 Å². The van der Waals surface area contributed by atoms with Crippen molar-refractivity contribution < 1.29 is 9.53 Å². The molecule has 1 aliphatic heterocycles. The minimum absolute atomic E-state index is 0.268. The number of benzene rings is 1. The summed E-state index contributed by atoms with van der Waals surface area (Å²) < 4.78 is 7.48. The number of amides is 1. The number of methoxy groups -OCH3 is 1. The van der Waals surface area contributed by atoms with Crippen LogP contribution in [0, 0.1) is 0 Å². The molecular weight excluding hydrogens is 516 g/mol. The van der Waals surface area contributed by atoms with E-state index in [9.17, 15) is 4.79 Å². The molecule has 200 valence electrons. The number of anilines is 4. The summed E-state index contributed by atoms with van der Waals surface area (Å²) in [6.45, 7) is 5.29. The van der Waals surface area contributed by atoms with Crippen molar-refractivity contribution in [2.45, 2.75) is 6.04 Å². The number of hydrogen-bond acceptors (Lipinski definition) is 8. The summed E-state index contributed by atoms with van der Waals surface area (Å²) in [6.07, 6.45) is 9.70. The van der Waals surface area contributed by atoms with Crippen molar-refractivity contribution >= 4 is 46.0 Å². The highest BCUT2D eigenvalue weighted by Gasteiger charge is 2.31. The number of allylic oxidation sites excluding steroid dienone is 2. The Hall–Kier alpha value is -4.41. The molecule has 0 radical (unpaired) electrons. The largest absolute Gasteiger partial charge is 0.494 e. The average molecular weight is 545 g/mol. The summed E-state index contributed by atoms with van der Waals surface area (Å²) in [6, 6.07) is 9.94. The van der Waals surface area contributed by atoms with E-state index in [0.717, 1.165) is 29.9 Å². The number of nitrogens with zero attached hydrogens (tertiary/aromatic N) is 6. The van der Waals surface area contributed by atoms with Gasteiger partial charge in [0, 0.05) is 43.0 Å². The number of hydrogen-bond donors (Lipinski definition) is 2. The summed E-state index contributed by atoms with van der Waals surface area (Å²) in [4.78, 5) is 26.1. The summed E-state index contributed by atoms with van der Waals surface area (Å²) in [5, 5.41) is 11.0. The Morgan fingerprint density at radius 3 is 2.79 bits per heavy atom. The molecule has 10 nitrogen and oxygen atoms in total. The fourth-order valence-corrected chi connectivity index (χ4v) is 4.55. The quantitative estimate of drug-likeness (QED) is 0.232. The highest BCUT2D eigenvalue weighted by Crippen LogP contribution is 2.40. The maximum absolute atomic E-state index is 12.6. The van der Waals surface area contributed by atoms with E-state index in [1.165, 1.54) is 6.08 Å². The number of aromatic nitrogens is 4. The molecule has 0 spiro atoms. The zero-order valence-corrected chi connectivity index (χ0v) is 22.7. The van der Waals surface area contributed by atoms with Crippen LogP contribution < -0.4 is 20.3 Å². The van der Waals surface area contributed by atoms with E-state index in [0.29, 0.717) is 39.8 Å². The Morgan fingerprint density at radius 2 is 2.05 bits per heavy atom. The Balaban J connectivity index is 1.50. The van der Waals surface area contributed by atoms with Crippen LogP contribution in [0.15, 0.2) is 73.7 Å². The van der Waals surface area contributed by atoms with Gasteiger partial charge in [-0.1, -0.05) is 36.4 Å². The Morgan fingerprint density at radius 1 is 1.23 bits per heavy atom. The van der Waals surface area contributed by atoms with Gasteiger partial charge in [0.15, 0.2) is 0 Å². The van der Waals surface area contributed by atoms with E-state index in [-0.39, 0.29) is 5.91 Å². The van der Waals surface area contributed by atoms with Gasteiger partial charge in [0.25, 0.3) is 0 Å². The van der Waals surface area contributed by atoms with Crippen LogP contribution in [-0.2, 0) is 4.79 Å². The smallest absolute Gasteiger partial charge is 0.248 e. The summed E-state index contributed by atoms with van der Waals surface area (Å²) in [7, 11) is 5.72. The fourth-order valence-electron chi connectivity index (χ4n) is 4.36. The topological polar surface area (TPSA) is 99.9 Å². The highest BCUT2D eigenvalue weighted by molar-refractivity contribution is 6.33. The maximum atomic E-state index is 12.6. The Labute approximate surface area is 231 Å². The number of carbonyl (C=O) groups excluding carboxylic acids is 1. The molecular formula is C28H29ClN8O2. The highest BCUT2D eigenvalue weighted by atomic mass is 35.5. The lowest BCUT2D eigenvalue weighted by atomic mass is 10.0. The van der Waals surface area contributed by atoms with Crippen LogP contribution in [0.3, 0.4) is 0 Å². The molecule has 1 fully saturated rings. The first-order valence-electron chi connectivity index (χ1n) is 12.3. The van der Waals surface area contributed by atoms with Gasteiger partial charge in [-0.15, -0.1) is 0 Å². The summed E-state index contributed by atoms with van der Waals surface area (Å²) >= 11 is 6.50. The number of ether oxygens (including phenoxy) is 1. The fraction of sp³-hybridized carbons (Fsp3) is 0.214. The number of rotatable bonds is 9. The first-order valence-corrected chi connectivity index (χ1v) is 12.7. The molecule has 1 amide bonds. The lowest BCUT2D eigenvalue weighted by molar-refractivity contribution is -0.111. The van der Waals surface area contributed by atoms with Crippen LogP contribution in [0.2, 0.25) is 5.02 Å². The van der Waals surface area contributed by atoms with Gasteiger partial charge in [0.05, 0.1) is 52.8 Å². The zero-order valence-electron chi connectivity index (χ0n) is 21.9. The molecule has 0 bridgehead atoms. The van der Waals surface area contributed by atoms with E-state index in [1.807, 2.05) is 36.5 Å². The molecule has 5 rings (SSSR count). The van der Waals surface area contributed by atoms with Crippen molar-refractivity contribution in [3.63, 3.8) is 0 Å². The van der Waals surface area contributed by atoms with E-state index in [1.54, 1.807) is 36.2 Å². The van der Waals surface area contributed by atoms with Crippen molar-refractivity contribution in [2.75, 3.05) is 49.8 Å². The first-order chi connectivity index (χ1) is 18.9. The predicted octanol–water partition coefficient (Wildman–Crippen LogP) is 4.63. The van der Waals surface area contributed by atoms with Gasteiger partial charge in [0.2, 0.25) is 11.9 Å². The molecule has 0 saturated carbocycles. The van der Waals surface area contributed by atoms with Gasteiger partial charge in [-0.05, 0) is 32.3 Å². The van der Waals surface area contributed by atoms with Crippen molar-refractivity contribution in [1.29, 1.82) is 0 Å². The van der Waals surface area contributed by atoms with Crippen LogP contribution in [0.4, 0.5) is 23.0 Å². The molecule has 11 heteroatoms. The first kappa shape index (κ1) is 26.2. The van der Waals surface area contributed by atoms with E-state index < -0.39 is 0 Å². The van der Waals surface area contributed by atoms with Gasteiger partial charge in [-0.25, -0.2) is 14.5 Å². The normalized spacial score (nSPS) is 13.6. The van der Waals surface area contributed by atoms with Crippen LogP contribution in [0.25, 0.3) is 16.8 Å². The predicted molar refractivity (Wildman–Crippen MR) is 155 cm³/mol. The van der Waals surface area contributed by atoms with Crippen LogP contribution in [0.1, 0.15) is 0 Å². The van der Waals surface area contributed by atoms with Crippen LogP contribution in [0.5, 0.6) is 5.75 Å². The molecule has 0 unspecified atom stereocenters. The summed E-state index contributed by atoms with van der Waals surface area (Å²) in [5.41, 5.74) is 4.27. The molecule has 1 aliphatic rings. The third kappa shape index (κ3) is 5.43. The standard InChI is InChI=1S/C28H29ClN8O2/c1-5-6-10-26(38)32-21-12-22(25(39-4)13-24(21)36-16-18(17-36)35(2)3)33-28-30-15-20(29)27(34-28)19-14-31-37-11-8-7-9-23(19)37/h5-15,18H,1,16-17H2,2-4H3,(H,32,38)(H,30,33,34)/b10-6-. The second kappa shape index (κ2) is 11.1. The Bertz CT molecular complexity index is 1560. The van der Waals surface area contributed by atoms with Gasteiger partial charge in [-0.2, -0.15) is 5.10 Å². The van der Waals surface area contributed by atoms with Gasteiger partial charge in [0.1, 0.15) is 5.75 Å². The molecule has 3 aromatic heterocycles. The number of carbonyl (C=O) groups is 1. The average Bonchev–Trinajstić information content (AvgIpc) is 3.32. The zero-order chi connectivity index (χ0) is 27.5. The molecule has 0 aliphatic carbocycles. The number of halogens is 1. The molecule has 2 N–H and O–H groups in total. The van der Waals surface area contributed by atoms with Crippen molar-refractivity contribution in [1.82, 2.24) is 24.5 Å². The number of nitrogens with one attached hydrogen (secondary N) is 2. The van der Waals surface area contributed by atoms with Crippen LogP contribution >= 0.6 is 11.6 Å². The molecule has 4 aromatic rings. The van der Waals surface area contributed by atoms with Crippen molar-refractivity contribution in [3.05, 3.63) is 78.8 Å². The monoisotopic (exact) mass is 544 g/mol. The third-order valence-corrected chi connectivity index (χ3v) is 6.84. The van der Waals surface area contributed by atoms with Gasteiger partial charge >= 0.3 is 0 Å². The lowest BCUT2D eigenvalue weighted by Gasteiger charge is -2.45. The second-order valence-corrected chi connectivity index (χ2v) is 9.69. The molecule has 0 atom stereocenters. The maximum Gasteiger partial charge on any atom is 0.248 e. The molecule has 39 heavy (non-hydrogen) atoms. The van der Waals surface area contributed by atoms with E-state index in [4.69, 9.17) is 21.3 Å². The van der Waals surface area contributed by atoms with E-state index in [2.05, 4.69) is 51.2 Å². The minimum Gasteiger partial charge on any atom is -0.494 e. The second-order valence-electron chi connectivity index (χ2n) is 9.28. The van der Waals surface area contributed by atoms with Crippen molar-refractivity contribution in [2.24, 2.45) is 0 Å². The lowest BCUT2D eigenvalue weighted by Crippen LogP contribution is -2.57. The van der Waals surface area contributed by atoms with Gasteiger partial charge < -0.3 is 25.2 Å². The minimum atomic E-state index is -0.268. The number of likely N-dealkylation sites (N-methyl/N-ethyl adjacent to an activating group) is 1. The Kier molecular flexibility index (Phi) is 7.49.